The molecule has 0 aliphatic rings. The van der Waals surface area contributed by atoms with E-state index in [-0.39, 0.29) is 5.97 Å². The minimum Gasteiger partial charge on any atom is -0.464 e. The second-order valence-corrected chi connectivity index (χ2v) is 3.66. The quantitative estimate of drug-likeness (QED) is 0.713. The van der Waals surface area contributed by atoms with Crippen molar-refractivity contribution in [1.82, 2.24) is 4.98 Å². The Morgan fingerprint density at radius 1 is 1.60 bits per heavy atom. The molecule has 3 nitrogen and oxygen atoms in total. The highest BCUT2D eigenvalue weighted by Crippen LogP contribution is 2.20. The summed E-state index contributed by atoms with van der Waals surface area (Å²) in [5.41, 5.74) is 1.53. The first kappa shape index (κ1) is 11.7. The number of rotatable bonds is 4. The average molecular weight is 207 g/mol. The van der Waals surface area contributed by atoms with Crippen molar-refractivity contribution in [3.8, 4) is 0 Å². The molecule has 1 aromatic rings. The first-order valence-corrected chi connectivity index (χ1v) is 5.23. The fourth-order valence-corrected chi connectivity index (χ4v) is 1.57. The normalized spacial score (nSPS) is 12.2. The second-order valence-electron chi connectivity index (χ2n) is 3.66. The van der Waals surface area contributed by atoms with E-state index in [4.69, 9.17) is 0 Å². The minimum atomic E-state index is -0.374. The van der Waals surface area contributed by atoms with Crippen LogP contribution < -0.4 is 0 Å². The molecule has 0 fully saturated rings. The van der Waals surface area contributed by atoms with Crippen molar-refractivity contribution in [3.63, 3.8) is 0 Å². The topological polar surface area (TPSA) is 39.2 Å². The van der Waals surface area contributed by atoms with Gasteiger partial charge >= 0.3 is 5.97 Å². The molecule has 1 atom stereocenters. The monoisotopic (exact) mass is 207 g/mol. The largest absolute Gasteiger partial charge is 0.464 e. The number of hydrogen-bond donors (Lipinski definition) is 0. The van der Waals surface area contributed by atoms with E-state index in [9.17, 15) is 4.79 Å². The van der Waals surface area contributed by atoms with E-state index in [1.165, 1.54) is 7.11 Å². The Kier molecular flexibility index (Phi) is 4.28. The molecular weight excluding hydrogens is 190 g/mol. The van der Waals surface area contributed by atoms with Crippen LogP contribution in [0.25, 0.3) is 0 Å². The summed E-state index contributed by atoms with van der Waals surface area (Å²) in [5.74, 6) is 0.0851. The van der Waals surface area contributed by atoms with Gasteiger partial charge in [-0.2, -0.15) is 0 Å². The summed E-state index contributed by atoms with van der Waals surface area (Å²) in [7, 11) is 1.37. The predicted molar refractivity (Wildman–Crippen MR) is 58.9 cm³/mol. The Morgan fingerprint density at radius 3 is 2.93 bits per heavy atom. The van der Waals surface area contributed by atoms with Gasteiger partial charge in [-0.05, 0) is 30.0 Å². The molecule has 0 aliphatic carbocycles. The third-order valence-corrected chi connectivity index (χ3v) is 2.47. The predicted octanol–water partition coefficient (Wildman–Crippen LogP) is 2.77. The SMILES string of the molecule is CCCC(C)c1ccnc(C(=O)OC)c1. The molecule has 0 N–H and O–H groups in total. The molecule has 0 bridgehead atoms. The first-order chi connectivity index (χ1) is 7.19. The van der Waals surface area contributed by atoms with E-state index in [1.54, 1.807) is 6.20 Å². The zero-order valence-corrected chi connectivity index (χ0v) is 9.49. The number of ether oxygens (including phenoxy) is 1. The summed E-state index contributed by atoms with van der Waals surface area (Å²) < 4.78 is 4.63. The number of aromatic nitrogens is 1. The van der Waals surface area contributed by atoms with Crippen molar-refractivity contribution in [2.75, 3.05) is 7.11 Å². The van der Waals surface area contributed by atoms with Crippen LogP contribution in [-0.2, 0) is 4.74 Å². The van der Waals surface area contributed by atoms with Gasteiger partial charge in [-0.15, -0.1) is 0 Å². The molecule has 0 amide bonds. The molecular formula is C12H17NO2. The molecule has 0 aliphatic heterocycles. The lowest BCUT2D eigenvalue weighted by molar-refractivity contribution is 0.0594. The van der Waals surface area contributed by atoms with Gasteiger partial charge in [0.25, 0.3) is 0 Å². The minimum absolute atomic E-state index is 0.374. The maximum absolute atomic E-state index is 11.3. The maximum atomic E-state index is 11.3. The van der Waals surface area contributed by atoms with Crippen LogP contribution in [0.5, 0.6) is 0 Å². The van der Waals surface area contributed by atoms with Crippen LogP contribution in [0.3, 0.4) is 0 Å². The van der Waals surface area contributed by atoms with Crippen molar-refractivity contribution in [2.45, 2.75) is 32.6 Å². The highest BCUT2D eigenvalue weighted by molar-refractivity contribution is 5.87. The van der Waals surface area contributed by atoms with Crippen molar-refractivity contribution in [2.24, 2.45) is 0 Å². The molecule has 3 heteroatoms. The third-order valence-electron chi connectivity index (χ3n) is 2.47. The van der Waals surface area contributed by atoms with Crippen LogP contribution in [0.1, 0.15) is 48.7 Å². The van der Waals surface area contributed by atoms with Gasteiger partial charge in [-0.1, -0.05) is 20.3 Å². The van der Waals surface area contributed by atoms with Crippen molar-refractivity contribution < 1.29 is 9.53 Å². The third kappa shape index (κ3) is 3.05. The van der Waals surface area contributed by atoms with Crippen molar-refractivity contribution >= 4 is 5.97 Å². The van der Waals surface area contributed by atoms with Crippen LogP contribution in [0, 0.1) is 0 Å². The summed E-state index contributed by atoms with van der Waals surface area (Å²) in [5, 5.41) is 0. The molecule has 1 heterocycles. The van der Waals surface area contributed by atoms with E-state index in [0.29, 0.717) is 11.6 Å². The summed E-state index contributed by atoms with van der Waals surface area (Å²) in [4.78, 5) is 15.2. The molecule has 0 radical (unpaired) electrons. The van der Waals surface area contributed by atoms with Gasteiger partial charge in [-0.25, -0.2) is 9.78 Å². The van der Waals surface area contributed by atoms with E-state index in [1.807, 2.05) is 12.1 Å². The summed E-state index contributed by atoms with van der Waals surface area (Å²) in [6.07, 6.45) is 3.91. The van der Waals surface area contributed by atoms with Gasteiger partial charge < -0.3 is 4.74 Å². The lowest BCUT2D eigenvalue weighted by atomic mass is 9.97. The molecule has 82 valence electrons. The van der Waals surface area contributed by atoms with Crippen LogP contribution in [-0.4, -0.2) is 18.1 Å². The number of hydrogen-bond acceptors (Lipinski definition) is 3. The van der Waals surface area contributed by atoms with E-state index < -0.39 is 0 Å². The number of carbonyl (C=O) groups is 1. The molecule has 1 aromatic heterocycles. The summed E-state index contributed by atoms with van der Waals surface area (Å²) >= 11 is 0. The van der Waals surface area contributed by atoms with E-state index in [0.717, 1.165) is 18.4 Å². The molecule has 0 spiro atoms. The van der Waals surface area contributed by atoms with E-state index >= 15 is 0 Å². The zero-order valence-electron chi connectivity index (χ0n) is 9.49. The van der Waals surface area contributed by atoms with Gasteiger partial charge in [0.05, 0.1) is 7.11 Å². The molecule has 0 aromatic carbocycles. The standard InChI is InChI=1S/C12H17NO2/c1-4-5-9(2)10-6-7-13-11(8-10)12(14)15-3/h6-9H,4-5H2,1-3H3. The molecule has 1 rings (SSSR count). The number of esters is 1. The lowest BCUT2D eigenvalue weighted by Crippen LogP contribution is -2.05. The number of carbonyl (C=O) groups excluding carboxylic acids is 1. The maximum Gasteiger partial charge on any atom is 0.356 e. The fourth-order valence-electron chi connectivity index (χ4n) is 1.57. The van der Waals surface area contributed by atoms with Gasteiger partial charge in [0.2, 0.25) is 0 Å². The average Bonchev–Trinajstić information content (AvgIpc) is 2.28. The Labute approximate surface area is 90.5 Å². The Balaban J connectivity index is 2.87. The number of pyridine rings is 1. The highest BCUT2D eigenvalue weighted by atomic mass is 16.5. The Hall–Kier alpha value is -1.38. The van der Waals surface area contributed by atoms with Crippen LogP contribution in [0.15, 0.2) is 18.3 Å². The summed E-state index contributed by atoms with van der Waals surface area (Å²) in [6.45, 7) is 4.30. The fraction of sp³-hybridized carbons (Fsp3) is 0.500. The number of methoxy groups -OCH3 is 1. The van der Waals surface area contributed by atoms with E-state index in [2.05, 4.69) is 23.6 Å². The number of nitrogens with zero attached hydrogens (tertiary/aromatic N) is 1. The van der Waals surface area contributed by atoms with Crippen LogP contribution in [0.4, 0.5) is 0 Å². The lowest BCUT2D eigenvalue weighted by Gasteiger charge is -2.10. The Bertz CT molecular complexity index is 336. The zero-order chi connectivity index (χ0) is 11.3. The highest BCUT2D eigenvalue weighted by Gasteiger charge is 2.10. The van der Waals surface area contributed by atoms with Gasteiger partial charge in [-0.3, -0.25) is 0 Å². The van der Waals surface area contributed by atoms with Gasteiger partial charge in [0.1, 0.15) is 5.69 Å². The van der Waals surface area contributed by atoms with Crippen LogP contribution in [0.2, 0.25) is 0 Å². The molecule has 1 unspecified atom stereocenters. The smallest absolute Gasteiger partial charge is 0.356 e. The molecule has 0 saturated carbocycles. The Morgan fingerprint density at radius 2 is 2.33 bits per heavy atom. The van der Waals surface area contributed by atoms with Crippen molar-refractivity contribution in [3.05, 3.63) is 29.6 Å². The van der Waals surface area contributed by atoms with Gasteiger partial charge in [0.15, 0.2) is 0 Å². The second kappa shape index (κ2) is 5.49. The molecule has 15 heavy (non-hydrogen) atoms. The molecule has 0 saturated heterocycles. The van der Waals surface area contributed by atoms with Crippen molar-refractivity contribution in [1.29, 1.82) is 0 Å². The van der Waals surface area contributed by atoms with Crippen LogP contribution >= 0.6 is 0 Å². The summed E-state index contributed by atoms with van der Waals surface area (Å²) in [6, 6.07) is 3.76. The first-order valence-electron chi connectivity index (χ1n) is 5.23. The van der Waals surface area contributed by atoms with Gasteiger partial charge in [0, 0.05) is 6.20 Å².